The zero-order valence-electron chi connectivity index (χ0n) is 11.5. The van der Waals surface area contributed by atoms with E-state index in [-0.39, 0.29) is 11.9 Å². The van der Waals surface area contributed by atoms with E-state index in [0.29, 0.717) is 10.5 Å². The third-order valence-electron chi connectivity index (χ3n) is 3.03. The van der Waals surface area contributed by atoms with E-state index in [9.17, 15) is 4.79 Å². The van der Waals surface area contributed by atoms with Crippen molar-refractivity contribution in [2.75, 3.05) is 21.2 Å². The second-order valence-corrected chi connectivity index (χ2v) is 5.55. The van der Waals surface area contributed by atoms with Crippen molar-refractivity contribution in [3.05, 3.63) is 16.8 Å². The first-order valence-electron chi connectivity index (χ1n) is 5.93. The highest BCUT2D eigenvalue weighted by atomic mass is 32.1. The van der Waals surface area contributed by atoms with Gasteiger partial charge in [0.25, 0.3) is 5.91 Å². The molecule has 8 heteroatoms. The van der Waals surface area contributed by atoms with Gasteiger partial charge in [-0.25, -0.2) is 4.98 Å². The van der Waals surface area contributed by atoms with E-state index in [1.807, 2.05) is 6.92 Å². The van der Waals surface area contributed by atoms with Gasteiger partial charge in [-0.3, -0.25) is 4.79 Å². The first-order chi connectivity index (χ1) is 9.52. The van der Waals surface area contributed by atoms with E-state index in [1.165, 1.54) is 18.4 Å². The van der Waals surface area contributed by atoms with Crippen molar-refractivity contribution in [2.24, 2.45) is 0 Å². The molecule has 7 nitrogen and oxygen atoms in total. The molecule has 3 rings (SSSR count). The van der Waals surface area contributed by atoms with Crippen LogP contribution in [0.1, 0.15) is 15.2 Å². The molecule has 0 aromatic carbocycles. The summed E-state index contributed by atoms with van der Waals surface area (Å²) < 4.78 is 6.60. The average molecular weight is 291 g/mol. The number of methoxy groups -OCH3 is 1. The van der Waals surface area contributed by atoms with Gasteiger partial charge in [-0.2, -0.15) is 9.50 Å². The molecule has 3 heterocycles. The van der Waals surface area contributed by atoms with Gasteiger partial charge in [-0.1, -0.05) is 0 Å². The van der Waals surface area contributed by atoms with Crippen molar-refractivity contribution < 1.29 is 9.53 Å². The number of nitrogens with zero attached hydrogens (tertiary/aromatic N) is 5. The molecule has 0 saturated heterocycles. The van der Waals surface area contributed by atoms with Crippen LogP contribution in [-0.2, 0) is 0 Å². The van der Waals surface area contributed by atoms with Crippen LogP contribution in [0.3, 0.4) is 0 Å². The second-order valence-electron chi connectivity index (χ2n) is 4.55. The number of fused-ring (bicyclic) bond motifs is 3. The number of hydrogen-bond acceptors (Lipinski definition) is 6. The van der Waals surface area contributed by atoms with E-state index in [2.05, 4.69) is 15.1 Å². The Hall–Kier alpha value is -2.22. The summed E-state index contributed by atoms with van der Waals surface area (Å²) >= 11 is 1.37. The molecule has 0 bridgehead atoms. The largest absolute Gasteiger partial charge is 0.466 e. The zero-order valence-corrected chi connectivity index (χ0v) is 12.4. The molecule has 104 valence electrons. The molecule has 0 unspecified atom stereocenters. The van der Waals surface area contributed by atoms with Gasteiger partial charge in [0.15, 0.2) is 5.65 Å². The Morgan fingerprint density at radius 3 is 2.85 bits per heavy atom. The minimum atomic E-state index is -0.0323. The minimum Gasteiger partial charge on any atom is -0.466 e. The van der Waals surface area contributed by atoms with Crippen LogP contribution in [0.4, 0.5) is 0 Å². The van der Waals surface area contributed by atoms with Gasteiger partial charge in [0, 0.05) is 14.1 Å². The fourth-order valence-electron chi connectivity index (χ4n) is 2.01. The zero-order chi connectivity index (χ0) is 14.4. The SMILES string of the molecule is COc1nc2c3c(C)c(C(=O)N(C)C)sc3ncn2n1. The number of carbonyl (C=O) groups is 1. The molecular weight excluding hydrogens is 278 g/mol. The highest BCUT2D eigenvalue weighted by Crippen LogP contribution is 2.32. The number of ether oxygens (including phenoxy) is 1. The summed E-state index contributed by atoms with van der Waals surface area (Å²) in [7, 11) is 4.98. The highest BCUT2D eigenvalue weighted by molar-refractivity contribution is 7.20. The molecule has 0 saturated carbocycles. The van der Waals surface area contributed by atoms with Gasteiger partial charge in [-0.15, -0.1) is 16.4 Å². The summed E-state index contributed by atoms with van der Waals surface area (Å²) in [5.74, 6) is -0.0323. The molecule has 3 aromatic heterocycles. The maximum atomic E-state index is 12.2. The molecule has 0 N–H and O–H groups in total. The Balaban J connectivity index is 2.33. The topological polar surface area (TPSA) is 72.6 Å². The van der Waals surface area contributed by atoms with Crippen molar-refractivity contribution in [3.8, 4) is 6.01 Å². The van der Waals surface area contributed by atoms with Gasteiger partial charge < -0.3 is 9.64 Å². The Labute approximate surface area is 118 Å². The van der Waals surface area contributed by atoms with Crippen LogP contribution >= 0.6 is 11.3 Å². The Morgan fingerprint density at radius 2 is 2.20 bits per heavy atom. The number of carbonyl (C=O) groups excluding carboxylic acids is 1. The molecule has 0 spiro atoms. The third kappa shape index (κ3) is 1.72. The summed E-state index contributed by atoms with van der Waals surface area (Å²) in [6.45, 7) is 1.90. The fourth-order valence-corrected chi connectivity index (χ4v) is 3.17. The monoisotopic (exact) mass is 291 g/mol. The molecule has 0 aliphatic carbocycles. The van der Waals surface area contributed by atoms with Crippen LogP contribution in [0.15, 0.2) is 6.33 Å². The van der Waals surface area contributed by atoms with Crippen molar-refractivity contribution in [1.29, 1.82) is 0 Å². The van der Waals surface area contributed by atoms with E-state index in [4.69, 9.17) is 4.74 Å². The smallest absolute Gasteiger partial charge is 0.336 e. The van der Waals surface area contributed by atoms with Gasteiger partial charge in [-0.05, 0) is 12.5 Å². The number of thiophene rings is 1. The summed E-state index contributed by atoms with van der Waals surface area (Å²) in [5.41, 5.74) is 1.52. The number of hydrogen-bond donors (Lipinski definition) is 0. The van der Waals surface area contributed by atoms with Crippen molar-refractivity contribution in [3.63, 3.8) is 0 Å². The molecule has 0 atom stereocenters. The van der Waals surface area contributed by atoms with Crippen LogP contribution < -0.4 is 4.74 Å². The maximum absolute atomic E-state index is 12.2. The van der Waals surface area contributed by atoms with Crippen molar-refractivity contribution >= 4 is 33.1 Å². The first-order valence-corrected chi connectivity index (χ1v) is 6.74. The Bertz CT molecular complexity index is 820. The summed E-state index contributed by atoms with van der Waals surface area (Å²) in [4.78, 5) is 23.8. The molecule has 0 fully saturated rings. The highest BCUT2D eigenvalue weighted by Gasteiger charge is 2.21. The van der Waals surface area contributed by atoms with Crippen LogP contribution in [0.5, 0.6) is 6.01 Å². The molecule has 0 aliphatic rings. The molecule has 1 amide bonds. The first kappa shape index (κ1) is 12.8. The van der Waals surface area contributed by atoms with Crippen LogP contribution in [0.2, 0.25) is 0 Å². The normalized spacial score (nSPS) is 11.2. The average Bonchev–Trinajstić information content (AvgIpc) is 2.98. The minimum absolute atomic E-state index is 0.0323. The maximum Gasteiger partial charge on any atom is 0.336 e. The van der Waals surface area contributed by atoms with E-state index < -0.39 is 0 Å². The van der Waals surface area contributed by atoms with E-state index in [0.717, 1.165) is 15.8 Å². The number of amides is 1. The third-order valence-corrected chi connectivity index (χ3v) is 4.22. The Kier molecular flexibility index (Phi) is 2.82. The molecule has 0 radical (unpaired) electrons. The molecule has 0 aliphatic heterocycles. The Morgan fingerprint density at radius 1 is 1.45 bits per heavy atom. The lowest BCUT2D eigenvalue weighted by Crippen LogP contribution is -2.21. The standard InChI is InChI=1S/C12H13N5O2S/c1-6-7-9-14-12(19-4)15-17(9)5-13-10(7)20-8(6)11(18)16(2)3/h5H,1-4H3. The molecule has 3 aromatic rings. The second kappa shape index (κ2) is 4.41. The number of rotatable bonds is 2. The number of aryl methyl sites for hydroxylation is 1. The van der Waals surface area contributed by atoms with Gasteiger partial charge >= 0.3 is 6.01 Å². The van der Waals surface area contributed by atoms with Crippen LogP contribution in [0.25, 0.3) is 15.9 Å². The predicted octanol–water partition coefficient (Wildman–Crippen LogP) is 1.36. The lowest BCUT2D eigenvalue weighted by Gasteiger charge is -2.08. The summed E-state index contributed by atoms with van der Waals surface area (Å²) in [6.07, 6.45) is 1.58. The lowest BCUT2D eigenvalue weighted by molar-refractivity contribution is 0.0831. The van der Waals surface area contributed by atoms with Crippen LogP contribution in [0, 0.1) is 6.92 Å². The molecular formula is C12H13N5O2S. The van der Waals surface area contributed by atoms with Gasteiger partial charge in [0.05, 0.1) is 17.4 Å². The predicted molar refractivity (Wildman–Crippen MR) is 75.5 cm³/mol. The quantitative estimate of drug-likeness (QED) is 0.713. The van der Waals surface area contributed by atoms with Crippen molar-refractivity contribution in [1.82, 2.24) is 24.5 Å². The number of aromatic nitrogens is 4. The fraction of sp³-hybridized carbons (Fsp3) is 0.333. The van der Waals surface area contributed by atoms with Crippen molar-refractivity contribution in [2.45, 2.75) is 6.92 Å². The van der Waals surface area contributed by atoms with E-state index in [1.54, 1.807) is 29.8 Å². The van der Waals surface area contributed by atoms with Gasteiger partial charge in [0.2, 0.25) is 0 Å². The summed E-state index contributed by atoms with van der Waals surface area (Å²) in [5, 5.41) is 4.99. The van der Waals surface area contributed by atoms with E-state index >= 15 is 0 Å². The van der Waals surface area contributed by atoms with Gasteiger partial charge in [0.1, 0.15) is 11.2 Å². The summed E-state index contributed by atoms with van der Waals surface area (Å²) in [6, 6.07) is 0.283. The van der Waals surface area contributed by atoms with Crippen LogP contribution in [-0.4, -0.2) is 51.6 Å². The lowest BCUT2D eigenvalue weighted by atomic mass is 10.2. The molecule has 20 heavy (non-hydrogen) atoms.